The van der Waals surface area contributed by atoms with Gasteiger partial charge in [-0.1, -0.05) is 6.07 Å². The first-order chi connectivity index (χ1) is 9.43. The van der Waals surface area contributed by atoms with Gasteiger partial charge in [-0.3, -0.25) is 9.20 Å². The number of nitrogens with zero attached hydrogens (tertiary/aromatic N) is 3. The molecule has 0 aromatic carbocycles. The molecule has 7 nitrogen and oxygen atoms in total. The maximum Gasteiger partial charge on any atom is 0.350 e. The third kappa shape index (κ3) is 3.05. The standard InChI is InChI=1S/C13H18N4O3/c1-13(2,6-8-18)14-11(19)9-17-12(20)16-7-4-3-5-10(16)15-17/h3-5,7,18H,6,8-9H2,1-2H3,(H,14,19). The summed E-state index contributed by atoms with van der Waals surface area (Å²) in [7, 11) is 0. The number of carbonyl (C=O) groups excluding carboxylic acids is 1. The van der Waals surface area contributed by atoms with Gasteiger partial charge in [0.05, 0.1) is 0 Å². The predicted molar refractivity (Wildman–Crippen MR) is 73.4 cm³/mol. The van der Waals surface area contributed by atoms with Crippen LogP contribution in [-0.4, -0.2) is 37.3 Å². The molecule has 0 saturated carbocycles. The topological polar surface area (TPSA) is 88.6 Å². The van der Waals surface area contributed by atoms with Crippen molar-refractivity contribution in [3.8, 4) is 0 Å². The highest BCUT2D eigenvalue weighted by Gasteiger charge is 2.20. The average Bonchev–Trinajstić information content (AvgIpc) is 2.66. The molecule has 2 aromatic heterocycles. The van der Waals surface area contributed by atoms with E-state index in [0.29, 0.717) is 12.1 Å². The molecule has 2 rings (SSSR count). The van der Waals surface area contributed by atoms with E-state index in [2.05, 4.69) is 10.4 Å². The summed E-state index contributed by atoms with van der Waals surface area (Å²) in [5.74, 6) is -0.311. The van der Waals surface area contributed by atoms with Gasteiger partial charge in [0.1, 0.15) is 6.54 Å². The molecule has 0 atom stereocenters. The van der Waals surface area contributed by atoms with Crippen molar-refractivity contribution >= 4 is 11.6 Å². The SMILES string of the molecule is CC(C)(CCO)NC(=O)Cn1nc2ccccn2c1=O. The van der Waals surface area contributed by atoms with Crippen molar-refractivity contribution in [3.05, 3.63) is 34.9 Å². The number of amides is 1. The number of hydrogen-bond donors (Lipinski definition) is 2. The molecule has 108 valence electrons. The molecule has 7 heteroatoms. The van der Waals surface area contributed by atoms with E-state index in [-0.39, 0.29) is 24.7 Å². The number of carbonyl (C=O) groups is 1. The lowest BCUT2D eigenvalue weighted by molar-refractivity contribution is -0.123. The minimum atomic E-state index is -0.519. The van der Waals surface area contributed by atoms with Crippen LogP contribution in [0, 0.1) is 0 Å². The Labute approximate surface area is 115 Å². The number of rotatable bonds is 5. The first-order valence-electron chi connectivity index (χ1n) is 6.39. The van der Waals surface area contributed by atoms with Crippen LogP contribution in [0.5, 0.6) is 0 Å². The maximum absolute atomic E-state index is 12.0. The summed E-state index contributed by atoms with van der Waals surface area (Å²) in [6.07, 6.45) is 2.05. The zero-order valence-corrected chi connectivity index (χ0v) is 11.5. The van der Waals surface area contributed by atoms with Crippen LogP contribution < -0.4 is 11.0 Å². The summed E-state index contributed by atoms with van der Waals surface area (Å²) in [4.78, 5) is 23.9. The molecule has 0 aliphatic rings. The normalized spacial score (nSPS) is 11.8. The van der Waals surface area contributed by atoms with Crippen LogP contribution in [0.3, 0.4) is 0 Å². The van der Waals surface area contributed by atoms with E-state index in [1.807, 2.05) is 13.8 Å². The quantitative estimate of drug-likeness (QED) is 0.791. The number of aliphatic hydroxyl groups excluding tert-OH is 1. The zero-order valence-electron chi connectivity index (χ0n) is 11.5. The Kier molecular flexibility index (Phi) is 3.89. The second kappa shape index (κ2) is 5.46. The minimum Gasteiger partial charge on any atom is -0.396 e. The zero-order chi connectivity index (χ0) is 14.8. The van der Waals surface area contributed by atoms with Crippen molar-refractivity contribution in [1.82, 2.24) is 19.5 Å². The lowest BCUT2D eigenvalue weighted by Crippen LogP contribution is -2.46. The van der Waals surface area contributed by atoms with Crippen molar-refractivity contribution in [2.24, 2.45) is 0 Å². The minimum absolute atomic E-state index is 0.0123. The highest BCUT2D eigenvalue weighted by molar-refractivity contribution is 5.76. The molecule has 0 spiro atoms. The molecule has 0 saturated heterocycles. The molecule has 0 aliphatic carbocycles. The van der Waals surface area contributed by atoms with E-state index < -0.39 is 5.54 Å². The summed E-state index contributed by atoms with van der Waals surface area (Å²) in [5, 5.41) is 15.8. The first kappa shape index (κ1) is 14.3. The Morgan fingerprint density at radius 3 is 2.85 bits per heavy atom. The Bertz CT molecular complexity index is 672. The van der Waals surface area contributed by atoms with Gasteiger partial charge in [0.2, 0.25) is 5.91 Å². The van der Waals surface area contributed by atoms with Crippen molar-refractivity contribution in [3.63, 3.8) is 0 Å². The number of aliphatic hydroxyl groups is 1. The van der Waals surface area contributed by atoms with E-state index in [1.54, 1.807) is 24.4 Å². The fraction of sp³-hybridized carbons (Fsp3) is 0.462. The number of hydrogen-bond acceptors (Lipinski definition) is 4. The predicted octanol–water partition coefficient (Wildman–Crippen LogP) is -0.227. The maximum atomic E-state index is 12.0. The van der Waals surface area contributed by atoms with Crippen LogP contribution in [0.25, 0.3) is 5.65 Å². The Morgan fingerprint density at radius 1 is 1.45 bits per heavy atom. The largest absolute Gasteiger partial charge is 0.396 e. The van der Waals surface area contributed by atoms with Gasteiger partial charge in [-0.15, -0.1) is 5.10 Å². The summed E-state index contributed by atoms with van der Waals surface area (Å²) >= 11 is 0. The lowest BCUT2D eigenvalue weighted by Gasteiger charge is -2.25. The molecule has 0 fully saturated rings. The van der Waals surface area contributed by atoms with Gasteiger partial charge >= 0.3 is 5.69 Å². The molecule has 2 N–H and O–H groups in total. The monoisotopic (exact) mass is 278 g/mol. The number of aromatic nitrogens is 3. The number of fused-ring (bicyclic) bond motifs is 1. The van der Waals surface area contributed by atoms with Gasteiger partial charge in [-0.25, -0.2) is 9.48 Å². The van der Waals surface area contributed by atoms with E-state index in [9.17, 15) is 9.59 Å². The molecule has 20 heavy (non-hydrogen) atoms. The fourth-order valence-electron chi connectivity index (χ4n) is 1.97. The molecule has 2 heterocycles. The molecule has 2 aromatic rings. The average molecular weight is 278 g/mol. The molecule has 0 unspecified atom stereocenters. The second-order valence-electron chi connectivity index (χ2n) is 5.27. The smallest absolute Gasteiger partial charge is 0.350 e. The molecule has 1 amide bonds. The molecular weight excluding hydrogens is 260 g/mol. The molecular formula is C13H18N4O3. The Hall–Kier alpha value is -2.15. The van der Waals surface area contributed by atoms with Crippen molar-refractivity contribution in [1.29, 1.82) is 0 Å². The summed E-state index contributed by atoms with van der Waals surface area (Å²) < 4.78 is 2.51. The van der Waals surface area contributed by atoms with Gasteiger partial charge in [-0.05, 0) is 32.4 Å². The Morgan fingerprint density at radius 2 is 2.20 bits per heavy atom. The van der Waals surface area contributed by atoms with Crippen LogP contribution in [0.15, 0.2) is 29.2 Å². The van der Waals surface area contributed by atoms with Crippen LogP contribution in [0.2, 0.25) is 0 Å². The third-order valence-electron chi connectivity index (χ3n) is 3.00. The molecule has 0 aliphatic heterocycles. The van der Waals surface area contributed by atoms with Gasteiger partial charge in [0, 0.05) is 18.3 Å². The van der Waals surface area contributed by atoms with E-state index in [4.69, 9.17) is 5.11 Å². The third-order valence-corrected chi connectivity index (χ3v) is 3.00. The van der Waals surface area contributed by atoms with E-state index in [1.165, 1.54) is 4.40 Å². The van der Waals surface area contributed by atoms with Crippen molar-refractivity contribution < 1.29 is 9.90 Å². The second-order valence-corrected chi connectivity index (χ2v) is 5.27. The highest BCUT2D eigenvalue weighted by Crippen LogP contribution is 2.06. The van der Waals surface area contributed by atoms with Gasteiger partial charge in [-0.2, -0.15) is 0 Å². The summed E-state index contributed by atoms with van der Waals surface area (Å²) in [5.41, 5.74) is -0.371. The van der Waals surface area contributed by atoms with Crippen LogP contribution in [-0.2, 0) is 11.3 Å². The van der Waals surface area contributed by atoms with Gasteiger partial charge in [0.25, 0.3) is 0 Å². The van der Waals surface area contributed by atoms with Crippen LogP contribution >= 0.6 is 0 Å². The molecule has 0 bridgehead atoms. The van der Waals surface area contributed by atoms with Crippen LogP contribution in [0.1, 0.15) is 20.3 Å². The fourth-order valence-corrected chi connectivity index (χ4v) is 1.97. The number of pyridine rings is 1. The van der Waals surface area contributed by atoms with E-state index in [0.717, 1.165) is 4.68 Å². The summed E-state index contributed by atoms with van der Waals surface area (Å²) in [6, 6.07) is 5.20. The highest BCUT2D eigenvalue weighted by atomic mass is 16.3. The summed E-state index contributed by atoms with van der Waals surface area (Å²) in [6.45, 7) is 3.47. The van der Waals surface area contributed by atoms with E-state index >= 15 is 0 Å². The van der Waals surface area contributed by atoms with Crippen LogP contribution in [0.4, 0.5) is 0 Å². The first-order valence-corrected chi connectivity index (χ1v) is 6.39. The molecule has 0 radical (unpaired) electrons. The van der Waals surface area contributed by atoms with Gasteiger partial charge in [0.15, 0.2) is 5.65 Å². The van der Waals surface area contributed by atoms with Crippen molar-refractivity contribution in [2.45, 2.75) is 32.4 Å². The van der Waals surface area contributed by atoms with Gasteiger partial charge < -0.3 is 10.4 Å². The Balaban J connectivity index is 2.14. The number of nitrogens with one attached hydrogen (secondary N) is 1. The van der Waals surface area contributed by atoms with Crippen molar-refractivity contribution in [2.75, 3.05) is 6.61 Å². The lowest BCUT2D eigenvalue weighted by atomic mass is 10.0.